The summed E-state index contributed by atoms with van der Waals surface area (Å²) in [5.41, 5.74) is 7.50. The van der Waals surface area contributed by atoms with Gasteiger partial charge in [-0.15, -0.1) is 0 Å². The van der Waals surface area contributed by atoms with Gasteiger partial charge in [0.1, 0.15) is 16.9 Å². The zero-order valence-electron chi connectivity index (χ0n) is 20.6. The van der Waals surface area contributed by atoms with Gasteiger partial charge >= 0.3 is 0 Å². The van der Waals surface area contributed by atoms with E-state index < -0.39 is 11.5 Å². The first-order valence-electron chi connectivity index (χ1n) is 12.5. The minimum absolute atomic E-state index is 0.132. The molecule has 3 aliphatic rings. The number of benzene rings is 3. The van der Waals surface area contributed by atoms with Crippen LogP contribution in [0, 0.1) is 15.4 Å². The van der Waals surface area contributed by atoms with Crippen LogP contribution >= 0.6 is 45.8 Å². The van der Waals surface area contributed by atoms with Crippen LogP contribution in [-0.2, 0) is 15.0 Å². The van der Waals surface area contributed by atoms with E-state index in [1.165, 1.54) is 0 Å². The maximum Gasteiger partial charge on any atom is 0.237 e. The van der Waals surface area contributed by atoms with Gasteiger partial charge in [0.05, 0.1) is 6.04 Å². The Morgan fingerprint density at radius 1 is 1.00 bits per heavy atom. The Balaban J connectivity index is 1.56. The van der Waals surface area contributed by atoms with Crippen LogP contribution in [0.25, 0.3) is 0 Å². The van der Waals surface area contributed by atoms with Crippen LogP contribution in [0.4, 0.5) is 11.4 Å². The molecule has 2 heterocycles. The molecular weight excluding hydrogens is 648 g/mol. The Kier molecular flexibility index (Phi) is 6.85. The van der Waals surface area contributed by atoms with E-state index in [0.29, 0.717) is 44.9 Å². The van der Waals surface area contributed by atoms with Crippen LogP contribution in [-0.4, -0.2) is 11.8 Å². The number of allylic oxidation sites excluding steroid dienone is 4. The summed E-state index contributed by atoms with van der Waals surface area (Å²) in [7, 11) is 0. The van der Waals surface area contributed by atoms with Crippen molar-refractivity contribution in [1.29, 1.82) is 0 Å². The Bertz CT molecular complexity index is 1560. The summed E-state index contributed by atoms with van der Waals surface area (Å²) in [5.74, 6) is 0.299. The van der Waals surface area contributed by atoms with E-state index in [0.717, 1.165) is 9.13 Å². The second-order valence-electron chi connectivity index (χ2n) is 10.0. The molecule has 39 heavy (non-hydrogen) atoms. The Labute approximate surface area is 249 Å². The van der Waals surface area contributed by atoms with Crippen molar-refractivity contribution >= 4 is 69.0 Å². The van der Waals surface area contributed by atoms with Gasteiger partial charge in [-0.1, -0.05) is 41.4 Å². The van der Waals surface area contributed by atoms with Crippen molar-refractivity contribution in [2.24, 2.45) is 11.8 Å². The molecule has 1 spiro atoms. The third kappa shape index (κ3) is 4.60. The monoisotopic (exact) mass is 671 g/mol. The number of hydrogen-bond donors (Lipinski definition) is 3. The lowest BCUT2D eigenvalue weighted by Crippen LogP contribution is -2.59. The molecule has 3 aromatic carbocycles. The standard InChI is InChI=1S/C30H24Cl2IN3O3/c31-17-3-1-2-16(12-17)24-15-27(37)36-28(30(24)23-10-4-18(32)13-25(23)35-29(30)38)22-14-19(33)5-11-26(22)39-21-8-6-20(34)7-9-21/h1-11,13-14,16,24,28H,12,15,34H2,(H,35,38)(H,36,37)/t16?,24-,28+,30-/m0/s1. The third-order valence-corrected chi connectivity index (χ3v) is 8.96. The van der Waals surface area contributed by atoms with Crippen molar-refractivity contribution in [3.8, 4) is 11.5 Å². The molecule has 1 aliphatic carbocycles. The largest absolute Gasteiger partial charge is 0.457 e. The fourth-order valence-electron chi connectivity index (χ4n) is 6.15. The highest BCUT2D eigenvalue weighted by atomic mass is 127. The zero-order valence-corrected chi connectivity index (χ0v) is 24.3. The molecule has 0 radical (unpaired) electrons. The molecule has 4 N–H and O–H groups in total. The number of nitrogen functional groups attached to an aromatic ring is 1. The number of piperidine rings is 1. The highest BCUT2D eigenvalue weighted by molar-refractivity contribution is 14.1. The molecule has 6 nitrogen and oxygen atoms in total. The molecule has 3 aromatic rings. The maximum atomic E-state index is 14.3. The van der Waals surface area contributed by atoms with Gasteiger partial charge in [-0.3, -0.25) is 9.59 Å². The third-order valence-electron chi connectivity index (χ3n) is 7.78. The zero-order chi connectivity index (χ0) is 27.3. The van der Waals surface area contributed by atoms with Crippen LogP contribution in [0.5, 0.6) is 11.5 Å². The van der Waals surface area contributed by atoms with Crippen molar-refractivity contribution in [2.75, 3.05) is 11.1 Å². The van der Waals surface area contributed by atoms with E-state index >= 15 is 0 Å². The van der Waals surface area contributed by atoms with Crippen molar-refractivity contribution in [3.63, 3.8) is 0 Å². The molecule has 2 aliphatic heterocycles. The summed E-state index contributed by atoms with van der Waals surface area (Å²) in [6, 6.07) is 17.6. The number of ether oxygens (including phenoxy) is 1. The quantitative estimate of drug-likeness (QED) is 0.204. The number of fused-ring (bicyclic) bond motifs is 2. The summed E-state index contributed by atoms with van der Waals surface area (Å²) in [6.07, 6.45) is 6.52. The van der Waals surface area contributed by atoms with Gasteiger partial charge in [-0.2, -0.15) is 0 Å². The fourth-order valence-corrected chi connectivity index (χ4v) is 7.08. The van der Waals surface area contributed by atoms with Gasteiger partial charge in [0.2, 0.25) is 11.8 Å². The number of nitrogens with two attached hydrogens (primary N) is 1. The van der Waals surface area contributed by atoms with E-state index in [-0.39, 0.29) is 30.1 Å². The van der Waals surface area contributed by atoms with Crippen molar-refractivity contribution < 1.29 is 14.3 Å². The first-order chi connectivity index (χ1) is 18.8. The molecule has 0 saturated carbocycles. The van der Waals surface area contributed by atoms with Gasteiger partial charge in [-0.05, 0) is 107 Å². The van der Waals surface area contributed by atoms with Gasteiger partial charge in [0.25, 0.3) is 0 Å². The molecule has 1 fully saturated rings. The average Bonchev–Trinajstić information content (AvgIpc) is 3.18. The number of carbonyl (C=O) groups is 2. The smallest absolute Gasteiger partial charge is 0.237 e. The van der Waals surface area contributed by atoms with Crippen LogP contribution < -0.4 is 21.1 Å². The number of carbonyl (C=O) groups excluding carboxylic acids is 2. The first-order valence-corrected chi connectivity index (χ1v) is 14.4. The SMILES string of the molecule is Nc1ccc(Oc2ccc(I)cc2[C@H]2NC(=O)C[C@@H](C3C=CC=C(Cl)C3)[C@]23C(=O)Nc2cc(Cl)ccc23)cc1. The lowest BCUT2D eigenvalue weighted by molar-refractivity contribution is -0.135. The number of nitrogens with one attached hydrogen (secondary N) is 2. The second kappa shape index (κ2) is 10.2. The van der Waals surface area contributed by atoms with Gasteiger partial charge in [0.15, 0.2) is 0 Å². The molecule has 1 unspecified atom stereocenters. The van der Waals surface area contributed by atoms with E-state index in [2.05, 4.69) is 39.3 Å². The van der Waals surface area contributed by atoms with Crippen molar-refractivity contribution in [1.82, 2.24) is 5.32 Å². The Morgan fingerprint density at radius 2 is 1.79 bits per heavy atom. The Morgan fingerprint density at radius 3 is 2.56 bits per heavy atom. The van der Waals surface area contributed by atoms with Crippen molar-refractivity contribution in [2.45, 2.75) is 24.3 Å². The molecule has 9 heteroatoms. The molecule has 2 amide bonds. The lowest BCUT2D eigenvalue weighted by Gasteiger charge is -2.49. The summed E-state index contributed by atoms with van der Waals surface area (Å²) in [5, 5.41) is 7.48. The van der Waals surface area contributed by atoms with E-state index in [1.54, 1.807) is 36.4 Å². The van der Waals surface area contributed by atoms with Gasteiger partial charge < -0.3 is 21.1 Å². The summed E-state index contributed by atoms with van der Waals surface area (Å²) < 4.78 is 7.29. The number of amides is 2. The normalized spacial score (nSPS) is 25.6. The summed E-state index contributed by atoms with van der Waals surface area (Å²) >= 11 is 15.1. The van der Waals surface area contributed by atoms with Crippen molar-refractivity contribution in [3.05, 3.63) is 104 Å². The number of halogens is 3. The molecule has 0 aromatic heterocycles. The molecule has 0 bridgehead atoms. The van der Waals surface area contributed by atoms with Gasteiger partial charge in [0, 0.05) is 37.0 Å². The molecule has 198 valence electrons. The van der Waals surface area contributed by atoms with E-state index in [1.807, 2.05) is 36.4 Å². The minimum atomic E-state index is -1.14. The molecule has 1 saturated heterocycles. The van der Waals surface area contributed by atoms with Gasteiger partial charge in [-0.25, -0.2) is 0 Å². The summed E-state index contributed by atoms with van der Waals surface area (Å²) in [6.45, 7) is 0. The predicted octanol–water partition coefficient (Wildman–Crippen LogP) is 7.09. The van der Waals surface area contributed by atoms with Crippen LogP contribution in [0.1, 0.15) is 30.0 Å². The second-order valence-corrected chi connectivity index (χ2v) is 12.2. The number of anilines is 2. The maximum absolute atomic E-state index is 14.3. The minimum Gasteiger partial charge on any atom is -0.457 e. The summed E-state index contributed by atoms with van der Waals surface area (Å²) in [4.78, 5) is 27.7. The highest BCUT2D eigenvalue weighted by Crippen LogP contribution is 2.58. The fraction of sp³-hybridized carbons (Fsp3) is 0.200. The van der Waals surface area contributed by atoms with E-state index in [4.69, 9.17) is 33.7 Å². The van der Waals surface area contributed by atoms with Crippen LogP contribution in [0.2, 0.25) is 5.02 Å². The Hall–Kier alpha value is -3.01. The number of rotatable bonds is 4. The predicted molar refractivity (Wildman–Crippen MR) is 162 cm³/mol. The number of hydrogen-bond acceptors (Lipinski definition) is 4. The average molecular weight is 672 g/mol. The first kappa shape index (κ1) is 26.2. The van der Waals surface area contributed by atoms with Crippen LogP contribution in [0.3, 0.4) is 0 Å². The van der Waals surface area contributed by atoms with Crippen LogP contribution in [0.15, 0.2) is 83.9 Å². The lowest BCUT2D eigenvalue weighted by atomic mass is 9.57. The molecule has 4 atom stereocenters. The highest BCUT2D eigenvalue weighted by Gasteiger charge is 2.62. The van der Waals surface area contributed by atoms with E-state index in [9.17, 15) is 9.59 Å². The molecular formula is C30H24Cl2IN3O3. The molecule has 6 rings (SSSR count). The topological polar surface area (TPSA) is 93.4 Å².